The Morgan fingerprint density at radius 2 is 1.52 bits per heavy atom. The first kappa shape index (κ1) is 15.1. The monoisotopic (exact) mass is 304 g/mol. The second-order valence-electron chi connectivity index (χ2n) is 5.87. The molecule has 0 aliphatic carbocycles. The van der Waals surface area contributed by atoms with E-state index in [9.17, 15) is 4.79 Å². The summed E-state index contributed by atoms with van der Waals surface area (Å²) >= 11 is 0. The van der Waals surface area contributed by atoms with Crippen LogP contribution in [-0.4, -0.2) is 10.5 Å². The maximum absolute atomic E-state index is 12.3. The first-order valence-electron chi connectivity index (χ1n) is 7.78. The minimum absolute atomic E-state index is 0.0960. The first-order valence-corrected chi connectivity index (χ1v) is 7.78. The Bertz CT molecular complexity index is 770. The highest BCUT2D eigenvalue weighted by molar-refractivity contribution is 6.04. The number of anilines is 1. The molecule has 1 heterocycles. The Balaban J connectivity index is 1.70. The van der Waals surface area contributed by atoms with Crippen molar-refractivity contribution in [2.75, 3.05) is 5.32 Å². The molecule has 0 aliphatic rings. The van der Waals surface area contributed by atoms with E-state index in [0.29, 0.717) is 11.5 Å². The van der Waals surface area contributed by atoms with Crippen molar-refractivity contribution < 1.29 is 4.79 Å². The lowest BCUT2D eigenvalue weighted by Gasteiger charge is -2.09. The van der Waals surface area contributed by atoms with E-state index >= 15 is 0 Å². The average Bonchev–Trinajstić information content (AvgIpc) is 3.10. The number of hydrogen-bond acceptors (Lipinski definition) is 1. The first-order chi connectivity index (χ1) is 11.1. The summed E-state index contributed by atoms with van der Waals surface area (Å²) in [5.74, 6) is 0.391. The Morgan fingerprint density at radius 1 is 0.913 bits per heavy atom. The molecule has 0 radical (unpaired) electrons. The smallest absolute Gasteiger partial charge is 0.255 e. The van der Waals surface area contributed by atoms with Gasteiger partial charge in [-0.2, -0.15) is 0 Å². The summed E-state index contributed by atoms with van der Waals surface area (Å²) in [5, 5.41) is 2.93. The number of hydrogen-bond donors (Lipinski definition) is 1. The van der Waals surface area contributed by atoms with Gasteiger partial charge in [-0.05, 0) is 60.0 Å². The zero-order valence-corrected chi connectivity index (χ0v) is 13.4. The van der Waals surface area contributed by atoms with Crippen LogP contribution in [0, 0.1) is 0 Å². The standard InChI is InChI=1S/C20H20N2O/c1-15(2)16-5-9-18(10-6-16)21-20(23)17-7-11-19(12-8-17)22-13-3-4-14-22/h3-15H,1-2H3,(H,21,23). The molecule has 3 rings (SSSR count). The lowest BCUT2D eigenvalue weighted by molar-refractivity contribution is 0.102. The van der Waals surface area contributed by atoms with Gasteiger partial charge in [-0.15, -0.1) is 0 Å². The lowest BCUT2D eigenvalue weighted by Crippen LogP contribution is -2.11. The van der Waals surface area contributed by atoms with E-state index in [0.717, 1.165) is 11.4 Å². The predicted molar refractivity (Wildman–Crippen MR) is 94.3 cm³/mol. The third-order valence-electron chi connectivity index (χ3n) is 3.87. The summed E-state index contributed by atoms with van der Waals surface area (Å²) in [5.41, 5.74) is 3.76. The van der Waals surface area contributed by atoms with Gasteiger partial charge >= 0.3 is 0 Å². The van der Waals surface area contributed by atoms with Crippen LogP contribution in [0.25, 0.3) is 5.69 Å². The summed E-state index contributed by atoms with van der Waals surface area (Å²) in [4.78, 5) is 12.3. The van der Waals surface area contributed by atoms with E-state index in [1.807, 2.05) is 65.5 Å². The van der Waals surface area contributed by atoms with E-state index in [2.05, 4.69) is 31.3 Å². The van der Waals surface area contributed by atoms with Gasteiger partial charge in [0, 0.05) is 29.3 Å². The molecule has 1 aromatic heterocycles. The van der Waals surface area contributed by atoms with Gasteiger partial charge in [0.15, 0.2) is 0 Å². The molecule has 0 aliphatic heterocycles. The summed E-state index contributed by atoms with van der Waals surface area (Å²) in [6.45, 7) is 4.31. The van der Waals surface area contributed by atoms with Crippen LogP contribution in [0.15, 0.2) is 73.1 Å². The SMILES string of the molecule is CC(C)c1ccc(NC(=O)c2ccc(-n3cccc3)cc2)cc1. The van der Waals surface area contributed by atoms with Gasteiger partial charge in [0.1, 0.15) is 0 Å². The van der Waals surface area contributed by atoms with Gasteiger partial charge in [0.2, 0.25) is 0 Å². The molecule has 0 saturated carbocycles. The van der Waals surface area contributed by atoms with Crippen molar-refractivity contribution in [3.8, 4) is 5.69 Å². The molecule has 0 unspecified atom stereocenters. The fourth-order valence-electron chi connectivity index (χ4n) is 2.45. The van der Waals surface area contributed by atoms with Gasteiger partial charge in [-0.25, -0.2) is 0 Å². The summed E-state index contributed by atoms with van der Waals surface area (Å²) in [6, 6.07) is 19.5. The normalized spacial score (nSPS) is 10.7. The van der Waals surface area contributed by atoms with E-state index in [4.69, 9.17) is 0 Å². The number of carbonyl (C=O) groups excluding carboxylic acids is 1. The van der Waals surface area contributed by atoms with Crippen LogP contribution in [0.5, 0.6) is 0 Å². The number of carbonyl (C=O) groups is 1. The van der Waals surface area contributed by atoms with Crippen molar-refractivity contribution in [3.63, 3.8) is 0 Å². The molecule has 3 aromatic rings. The van der Waals surface area contributed by atoms with Crippen LogP contribution >= 0.6 is 0 Å². The lowest BCUT2D eigenvalue weighted by atomic mass is 10.0. The topological polar surface area (TPSA) is 34.0 Å². The Kier molecular flexibility index (Phi) is 4.29. The average molecular weight is 304 g/mol. The van der Waals surface area contributed by atoms with Crippen LogP contribution in [0.4, 0.5) is 5.69 Å². The number of nitrogens with zero attached hydrogens (tertiary/aromatic N) is 1. The second-order valence-corrected chi connectivity index (χ2v) is 5.87. The molecule has 116 valence electrons. The highest BCUT2D eigenvalue weighted by Crippen LogP contribution is 2.18. The van der Waals surface area contributed by atoms with Gasteiger partial charge in [0.05, 0.1) is 0 Å². The number of aromatic nitrogens is 1. The summed E-state index contributed by atoms with van der Waals surface area (Å²) in [7, 11) is 0. The van der Waals surface area contributed by atoms with Crippen LogP contribution in [0.1, 0.15) is 35.7 Å². The molecule has 0 spiro atoms. The van der Waals surface area contributed by atoms with E-state index in [1.165, 1.54) is 5.56 Å². The van der Waals surface area contributed by atoms with Crippen molar-refractivity contribution in [2.24, 2.45) is 0 Å². The molecule has 1 amide bonds. The second kappa shape index (κ2) is 6.53. The fourth-order valence-corrected chi connectivity index (χ4v) is 2.45. The molecule has 0 fully saturated rings. The van der Waals surface area contributed by atoms with Crippen LogP contribution in [0.3, 0.4) is 0 Å². The third-order valence-corrected chi connectivity index (χ3v) is 3.87. The number of amides is 1. The van der Waals surface area contributed by atoms with Crippen molar-refractivity contribution in [3.05, 3.63) is 84.2 Å². The van der Waals surface area contributed by atoms with E-state index < -0.39 is 0 Å². The molecule has 1 N–H and O–H groups in total. The number of rotatable bonds is 4. The minimum Gasteiger partial charge on any atom is -0.324 e. The zero-order valence-electron chi connectivity index (χ0n) is 13.4. The number of benzene rings is 2. The van der Waals surface area contributed by atoms with Crippen LogP contribution < -0.4 is 5.32 Å². The van der Waals surface area contributed by atoms with E-state index in [1.54, 1.807) is 0 Å². The maximum Gasteiger partial charge on any atom is 0.255 e. The molecule has 23 heavy (non-hydrogen) atoms. The Hall–Kier alpha value is -2.81. The molecular formula is C20H20N2O. The van der Waals surface area contributed by atoms with E-state index in [-0.39, 0.29) is 5.91 Å². The van der Waals surface area contributed by atoms with Gasteiger partial charge in [-0.1, -0.05) is 26.0 Å². The summed E-state index contributed by atoms with van der Waals surface area (Å²) in [6.07, 6.45) is 3.96. The largest absolute Gasteiger partial charge is 0.324 e. The summed E-state index contributed by atoms with van der Waals surface area (Å²) < 4.78 is 2.01. The maximum atomic E-state index is 12.3. The molecule has 0 bridgehead atoms. The van der Waals surface area contributed by atoms with Crippen molar-refractivity contribution in [1.29, 1.82) is 0 Å². The van der Waals surface area contributed by atoms with Crippen molar-refractivity contribution in [1.82, 2.24) is 4.57 Å². The molecule has 0 atom stereocenters. The molecule has 3 nitrogen and oxygen atoms in total. The van der Waals surface area contributed by atoms with Crippen molar-refractivity contribution in [2.45, 2.75) is 19.8 Å². The third kappa shape index (κ3) is 3.51. The highest BCUT2D eigenvalue weighted by atomic mass is 16.1. The molecular weight excluding hydrogens is 284 g/mol. The van der Waals surface area contributed by atoms with Crippen LogP contribution in [-0.2, 0) is 0 Å². The molecule has 3 heteroatoms. The predicted octanol–water partition coefficient (Wildman–Crippen LogP) is 4.85. The molecule has 2 aromatic carbocycles. The highest BCUT2D eigenvalue weighted by Gasteiger charge is 2.07. The number of nitrogens with one attached hydrogen (secondary N) is 1. The Morgan fingerprint density at radius 3 is 2.09 bits per heavy atom. The fraction of sp³-hybridized carbons (Fsp3) is 0.150. The van der Waals surface area contributed by atoms with Crippen molar-refractivity contribution >= 4 is 11.6 Å². The van der Waals surface area contributed by atoms with Gasteiger partial charge < -0.3 is 9.88 Å². The Labute approximate surface area is 136 Å². The van der Waals surface area contributed by atoms with Gasteiger partial charge in [-0.3, -0.25) is 4.79 Å². The minimum atomic E-state index is -0.0960. The molecule has 0 saturated heterocycles. The zero-order chi connectivity index (χ0) is 16.2. The van der Waals surface area contributed by atoms with Gasteiger partial charge in [0.25, 0.3) is 5.91 Å². The quantitative estimate of drug-likeness (QED) is 0.734. The van der Waals surface area contributed by atoms with Crippen LogP contribution in [0.2, 0.25) is 0 Å².